The Hall–Kier alpha value is -1.35. The molecule has 3 heteroatoms. The zero-order valence-electron chi connectivity index (χ0n) is 13.3. The van der Waals surface area contributed by atoms with E-state index in [0.29, 0.717) is 5.88 Å². The molecule has 2 rings (SSSR count). The number of benzene rings is 1. The quantitative estimate of drug-likeness (QED) is 0.580. The van der Waals surface area contributed by atoms with E-state index in [0.717, 1.165) is 26.2 Å². The summed E-state index contributed by atoms with van der Waals surface area (Å²) >= 11 is 5.84. The monoisotopic (exact) mass is 316 g/mol. The lowest BCUT2D eigenvalue weighted by molar-refractivity contribution is 0.127. The molecule has 0 spiro atoms. The van der Waals surface area contributed by atoms with Crippen LogP contribution in [0, 0.1) is 0 Å². The molecule has 1 saturated heterocycles. The van der Waals surface area contributed by atoms with Crippen molar-refractivity contribution in [2.24, 2.45) is 0 Å². The molecule has 1 atom stereocenters. The van der Waals surface area contributed by atoms with Crippen LogP contribution >= 0.6 is 11.6 Å². The number of hydrogen-bond acceptors (Lipinski definition) is 2. The van der Waals surface area contributed by atoms with Gasteiger partial charge in [0.2, 0.25) is 0 Å². The molecule has 0 radical (unpaired) electrons. The molecule has 0 N–H and O–H groups in total. The van der Waals surface area contributed by atoms with Gasteiger partial charge < -0.3 is 4.90 Å². The molecule has 1 aliphatic heterocycles. The number of allylic oxidation sites excluding steroid dienone is 3. The molecule has 0 amide bonds. The molecule has 2 nitrogen and oxygen atoms in total. The molecule has 1 aromatic rings. The van der Waals surface area contributed by atoms with Crippen molar-refractivity contribution in [3.8, 4) is 0 Å². The highest BCUT2D eigenvalue weighted by atomic mass is 35.5. The van der Waals surface area contributed by atoms with Crippen LogP contribution < -0.4 is 0 Å². The molecule has 22 heavy (non-hydrogen) atoms. The van der Waals surface area contributed by atoms with Crippen molar-refractivity contribution in [1.29, 1.82) is 0 Å². The van der Waals surface area contributed by atoms with Crippen LogP contribution in [0.25, 0.3) is 0 Å². The van der Waals surface area contributed by atoms with Crippen molar-refractivity contribution in [2.75, 3.05) is 39.1 Å². The van der Waals surface area contributed by atoms with Crippen molar-refractivity contribution in [3.05, 3.63) is 72.4 Å². The topological polar surface area (TPSA) is 6.48 Å². The van der Waals surface area contributed by atoms with E-state index in [2.05, 4.69) is 65.9 Å². The van der Waals surface area contributed by atoms with E-state index in [1.165, 1.54) is 11.1 Å². The molecule has 1 fully saturated rings. The van der Waals surface area contributed by atoms with Gasteiger partial charge in [0.15, 0.2) is 0 Å². The fraction of sp³-hybridized carbons (Fsp3) is 0.368. The van der Waals surface area contributed by atoms with Crippen molar-refractivity contribution >= 4 is 11.6 Å². The van der Waals surface area contributed by atoms with Crippen LogP contribution in [0.15, 0.2) is 66.8 Å². The Morgan fingerprint density at radius 1 is 1.23 bits per heavy atom. The second-order valence-electron chi connectivity index (χ2n) is 5.61. The molecule has 1 unspecified atom stereocenters. The Bertz CT molecular complexity index is 513. The van der Waals surface area contributed by atoms with Crippen LogP contribution in [-0.4, -0.2) is 48.9 Å². The van der Waals surface area contributed by atoms with Gasteiger partial charge in [-0.2, -0.15) is 0 Å². The lowest BCUT2D eigenvalue weighted by Crippen LogP contribution is -2.46. The first-order valence-corrected chi connectivity index (χ1v) is 8.32. The molecular weight excluding hydrogens is 292 g/mol. The zero-order valence-corrected chi connectivity index (χ0v) is 14.0. The summed E-state index contributed by atoms with van der Waals surface area (Å²) in [5, 5.41) is 0. The molecule has 0 saturated carbocycles. The SMILES string of the molecule is C=C/C=C(\C=C/CCl)C(c1ccccc1)N1CCN(C)CC1. The Kier molecular flexibility index (Phi) is 6.91. The number of hydrogen-bond donors (Lipinski definition) is 0. The maximum Gasteiger partial charge on any atom is 0.0602 e. The van der Waals surface area contributed by atoms with Crippen LogP contribution in [0.2, 0.25) is 0 Å². The van der Waals surface area contributed by atoms with Gasteiger partial charge >= 0.3 is 0 Å². The minimum absolute atomic E-state index is 0.257. The highest BCUT2D eigenvalue weighted by Crippen LogP contribution is 2.30. The molecule has 1 aromatic carbocycles. The lowest BCUT2D eigenvalue weighted by atomic mass is 9.95. The van der Waals surface area contributed by atoms with Crippen molar-refractivity contribution in [1.82, 2.24) is 9.80 Å². The summed E-state index contributed by atoms with van der Waals surface area (Å²) in [4.78, 5) is 4.92. The summed E-state index contributed by atoms with van der Waals surface area (Å²) in [7, 11) is 2.18. The number of nitrogens with zero attached hydrogens (tertiary/aromatic N) is 2. The second-order valence-corrected chi connectivity index (χ2v) is 5.92. The number of likely N-dealkylation sites (N-methyl/N-ethyl adjacent to an activating group) is 1. The third-order valence-electron chi connectivity index (χ3n) is 4.04. The first-order chi connectivity index (χ1) is 10.8. The van der Waals surface area contributed by atoms with Crippen LogP contribution in [0.5, 0.6) is 0 Å². The molecule has 0 bridgehead atoms. The van der Waals surface area contributed by atoms with Gasteiger partial charge in [0.05, 0.1) is 6.04 Å². The molecule has 118 valence electrons. The fourth-order valence-corrected chi connectivity index (χ4v) is 2.97. The van der Waals surface area contributed by atoms with Gasteiger partial charge in [-0.25, -0.2) is 0 Å². The van der Waals surface area contributed by atoms with Gasteiger partial charge in [-0.05, 0) is 18.2 Å². The van der Waals surface area contributed by atoms with E-state index < -0.39 is 0 Å². The van der Waals surface area contributed by atoms with Gasteiger partial charge in [0.25, 0.3) is 0 Å². The third kappa shape index (κ3) is 4.57. The molecule has 0 aromatic heterocycles. The minimum Gasteiger partial charge on any atom is -0.304 e. The average molecular weight is 317 g/mol. The van der Waals surface area contributed by atoms with Crippen molar-refractivity contribution in [2.45, 2.75) is 6.04 Å². The van der Waals surface area contributed by atoms with Crippen LogP contribution in [-0.2, 0) is 0 Å². The molecule has 0 aliphatic carbocycles. The minimum atomic E-state index is 0.257. The van der Waals surface area contributed by atoms with Crippen molar-refractivity contribution < 1.29 is 0 Å². The average Bonchev–Trinajstić information content (AvgIpc) is 2.55. The Balaban J connectivity index is 2.34. The number of piperazine rings is 1. The van der Waals surface area contributed by atoms with E-state index in [1.54, 1.807) is 0 Å². The first kappa shape index (κ1) is 17.0. The van der Waals surface area contributed by atoms with E-state index >= 15 is 0 Å². The molecule has 1 aliphatic rings. The van der Waals surface area contributed by atoms with Gasteiger partial charge in [-0.15, -0.1) is 11.6 Å². The maximum absolute atomic E-state index is 5.84. The smallest absolute Gasteiger partial charge is 0.0602 e. The Morgan fingerprint density at radius 3 is 2.50 bits per heavy atom. The number of halogens is 1. The predicted molar refractivity (Wildman–Crippen MR) is 96.4 cm³/mol. The van der Waals surface area contributed by atoms with Crippen LogP contribution in [0.3, 0.4) is 0 Å². The summed E-state index contributed by atoms with van der Waals surface area (Å²) in [5.41, 5.74) is 2.56. The van der Waals surface area contributed by atoms with Gasteiger partial charge in [-0.3, -0.25) is 4.90 Å². The van der Waals surface area contributed by atoms with E-state index in [-0.39, 0.29) is 6.04 Å². The van der Waals surface area contributed by atoms with E-state index in [4.69, 9.17) is 11.6 Å². The van der Waals surface area contributed by atoms with E-state index in [9.17, 15) is 0 Å². The highest BCUT2D eigenvalue weighted by molar-refractivity contribution is 6.18. The van der Waals surface area contributed by atoms with Crippen molar-refractivity contribution in [3.63, 3.8) is 0 Å². The first-order valence-electron chi connectivity index (χ1n) is 7.79. The highest BCUT2D eigenvalue weighted by Gasteiger charge is 2.25. The van der Waals surface area contributed by atoms with Crippen LogP contribution in [0.1, 0.15) is 11.6 Å². The number of rotatable bonds is 6. The summed E-state index contributed by atoms with van der Waals surface area (Å²) in [6.07, 6.45) is 8.09. The third-order valence-corrected chi connectivity index (χ3v) is 4.22. The van der Waals surface area contributed by atoms with Gasteiger partial charge in [0, 0.05) is 32.1 Å². The molecular formula is C19H25ClN2. The normalized spacial score (nSPS) is 19.5. The second kappa shape index (κ2) is 8.94. The summed E-state index contributed by atoms with van der Waals surface area (Å²) in [5.74, 6) is 0.527. The number of alkyl halides is 1. The molecule has 1 heterocycles. The largest absolute Gasteiger partial charge is 0.304 e. The zero-order chi connectivity index (χ0) is 15.8. The Labute approximate surface area is 139 Å². The Morgan fingerprint density at radius 2 is 1.91 bits per heavy atom. The van der Waals surface area contributed by atoms with E-state index in [1.807, 2.05) is 12.2 Å². The van der Waals surface area contributed by atoms with Gasteiger partial charge in [0.1, 0.15) is 0 Å². The van der Waals surface area contributed by atoms with Gasteiger partial charge in [-0.1, -0.05) is 61.2 Å². The maximum atomic E-state index is 5.84. The predicted octanol–water partition coefficient (Wildman–Crippen LogP) is 3.88. The van der Waals surface area contributed by atoms with Crippen LogP contribution in [0.4, 0.5) is 0 Å². The lowest BCUT2D eigenvalue weighted by Gasteiger charge is -2.39. The standard InChI is InChI=1S/C19H25ClN2/c1-3-8-17(11-7-12-20)19(18-9-5-4-6-10-18)22-15-13-21(2)14-16-22/h3-11,19H,1,12-16H2,2H3/b11-7-,17-8+. The fourth-order valence-electron chi connectivity index (χ4n) is 2.88. The summed E-state index contributed by atoms with van der Waals surface area (Å²) in [6.45, 7) is 8.21. The summed E-state index contributed by atoms with van der Waals surface area (Å²) < 4.78 is 0. The summed E-state index contributed by atoms with van der Waals surface area (Å²) in [6, 6.07) is 10.9.